The van der Waals surface area contributed by atoms with Gasteiger partial charge in [0, 0.05) is 26.2 Å². The molecule has 178 valence electrons. The highest BCUT2D eigenvalue weighted by Gasteiger charge is 2.42. The molecule has 1 saturated heterocycles. The zero-order chi connectivity index (χ0) is 24.0. The zero-order valence-electron chi connectivity index (χ0n) is 20.4. The molecule has 0 saturated carbocycles. The number of carbonyl (C=O) groups is 1. The molecule has 0 spiro atoms. The van der Waals surface area contributed by atoms with Crippen LogP contribution in [0.15, 0.2) is 51.7 Å². The number of aryl methyl sites for hydroxylation is 1. The number of hydrogen-bond donors (Lipinski definition) is 0. The van der Waals surface area contributed by atoms with E-state index in [1.807, 2.05) is 24.0 Å². The minimum Gasteiger partial charge on any atom is -0.450 e. The normalized spacial score (nSPS) is 19.1. The fraction of sp³-hybridized carbons (Fsp3) is 0.429. The Bertz CT molecular complexity index is 1280. The van der Waals surface area contributed by atoms with Crippen molar-refractivity contribution >= 4 is 16.9 Å². The number of carbonyl (C=O) groups excluding carboxylic acids is 1. The van der Waals surface area contributed by atoms with Crippen molar-refractivity contribution in [3.8, 4) is 0 Å². The molecular formula is C28H32N2O4. The van der Waals surface area contributed by atoms with Gasteiger partial charge in [-0.05, 0) is 35.6 Å². The summed E-state index contributed by atoms with van der Waals surface area (Å²) >= 11 is 0. The van der Waals surface area contributed by atoms with Gasteiger partial charge in [0.15, 0.2) is 5.43 Å². The smallest absolute Gasteiger partial charge is 0.290 e. The first-order valence-corrected chi connectivity index (χ1v) is 12.0. The Morgan fingerprint density at radius 2 is 1.68 bits per heavy atom. The van der Waals surface area contributed by atoms with Gasteiger partial charge >= 0.3 is 0 Å². The van der Waals surface area contributed by atoms with Gasteiger partial charge in [-0.1, -0.05) is 56.7 Å². The Kier molecular flexibility index (Phi) is 5.82. The van der Waals surface area contributed by atoms with Crippen molar-refractivity contribution < 1.29 is 13.9 Å². The van der Waals surface area contributed by atoms with Gasteiger partial charge in [-0.15, -0.1) is 0 Å². The maximum Gasteiger partial charge on any atom is 0.290 e. The van der Waals surface area contributed by atoms with E-state index >= 15 is 0 Å². The van der Waals surface area contributed by atoms with Gasteiger partial charge < -0.3 is 14.1 Å². The number of hydrogen-bond acceptors (Lipinski definition) is 5. The van der Waals surface area contributed by atoms with Crippen molar-refractivity contribution in [1.82, 2.24) is 9.80 Å². The average molecular weight is 461 g/mol. The molecule has 34 heavy (non-hydrogen) atoms. The standard InChI is InChI=1S/C28H32N2O4/c1-18-5-10-22-21(17-18)25(31)23-24(19-6-8-20(9-7-19)28(2,3)4)30(27(32)26(23)34-22)12-11-29-13-15-33-16-14-29/h5-10,17,24H,11-16H2,1-4H3/t24-/m0/s1. The Hall–Kier alpha value is -2.96. The third-order valence-corrected chi connectivity index (χ3v) is 6.97. The molecule has 6 heteroatoms. The third-order valence-electron chi connectivity index (χ3n) is 6.97. The van der Waals surface area contributed by atoms with Crippen LogP contribution in [0.25, 0.3) is 11.0 Å². The molecule has 1 amide bonds. The molecule has 5 rings (SSSR count). The van der Waals surface area contributed by atoms with Crippen LogP contribution in [0.2, 0.25) is 0 Å². The van der Waals surface area contributed by atoms with Gasteiger partial charge in [-0.25, -0.2) is 0 Å². The summed E-state index contributed by atoms with van der Waals surface area (Å²) in [5.41, 5.74) is 3.94. The van der Waals surface area contributed by atoms with Crippen molar-refractivity contribution in [3.63, 3.8) is 0 Å². The lowest BCUT2D eigenvalue weighted by molar-refractivity contribution is 0.0314. The highest BCUT2D eigenvalue weighted by molar-refractivity contribution is 5.99. The van der Waals surface area contributed by atoms with E-state index in [-0.39, 0.29) is 22.5 Å². The lowest BCUT2D eigenvalue weighted by Crippen LogP contribution is -2.42. The molecule has 0 radical (unpaired) electrons. The van der Waals surface area contributed by atoms with E-state index in [0.717, 1.165) is 30.8 Å². The maximum atomic E-state index is 13.7. The van der Waals surface area contributed by atoms with Gasteiger partial charge in [-0.2, -0.15) is 0 Å². The summed E-state index contributed by atoms with van der Waals surface area (Å²) in [6.07, 6.45) is 0. The predicted molar refractivity (Wildman–Crippen MR) is 133 cm³/mol. The quantitative estimate of drug-likeness (QED) is 0.582. The summed E-state index contributed by atoms with van der Waals surface area (Å²) in [6.45, 7) is 12.8. The Balaban J connectivity index is 1.60. The maximum absolute atomic E-state index is 13.7. The van der Waals surface area contributed by atoms with Crippen LogP contribution in [0.1, 0.15) is 59.6 Å². The van der Waals surface area contributed by atoms with E-state index in [1.165, 1.54) is 5.56 Å². The third kappa shape index (κ3) is 4.05. The predicted octanol–water partition coefficient (Wildman–Crippen LogP) is 4.28. The molecule has 2 aliphatic rings. The fourth-order valence-electron chi connectivity index (χ4n) is 4.95. The van der Waals surface area contributed by atoms with Crippen molar-refractivity contribution in [2.75, 3.05) is 39.4 Å². The lowest BCUT2D eigenvalue weighted by Gasteiger charge is -2.31. The van der Waals surface area contributed by atoms with Crippen molar-refractivity contribution in [2.45, 2.75) is 39.2 Å². The average Bonchev–Trinajstić information content (AvgIpc) is 3.10. The van der Waals surface area contributed by atoms with E-state index in [9.17, 15) is 9.59 Å². The van der Waals surface area contributed by atoms with Crippen LogP contribution in [0.4, 0.5) is 0 Å². The number of morpholine rings is 1. The second kappa shape index (κ2) is 8.67. The SMILES string of the molecule is Cc1ccc2oc3c(c(=O)c2c1)[C@H](c1ccc(C(C)(C)C)cc1)N(CCN1CCOCC1)C3=O. The van der Waals surface area contributed by atoms with Crippen LogP contribution >= 0.6 is 0 Å². The Labute approximate surface area is 200 Å². The molecule has 0 aliphatic carbocycles. The van der Waals surface area contributed by atoms with Crippen LogP contribution in [0.3, 0.4) is 0 Å². The van der Waals surface area contributed by atoms with Gasteiger partial charge in [0.1, 0.15) is 5.58 Å². The van der Waals surface area contributed by atoms with Crippen LogP contribution < -0.4 is 5.43 Å². The van der Waals surface area contributed by atoms with Crippen LogP contribution in [-0.4, -0.2) is 55.1 Å². The molecular weight excluding hydrogens is 428 g/mol. The molecule has 1 fully saturated rings. The Morgan fingerprint density at radius 3 is 2.35 bits per heavy atom. The number of amides is 1. The first-order chi connectivity index (χ1) is 16.2. The summed E-state index contributed by atoms with van der Waals surface area (Å²) in [7, 11) is 0. The molecule has 0 N–H and O–H groups in total. The summed E-state index contributed by atoms with van der Waals surface area (Å²) < 4.78 is 11.5. The first kappa shape index (κ1) is 22.8. The van der Waals surface area contributed by atoms with E-state index in [1.54, 1.807) is 6.07 Å². The number of benzene rings is 2. The highest BCUT2D eigenvalue weighted by Crippen LogP contribution is 2.38. The van der Waals surface area contributed by atoms with Crippen molar-refractivity contribution in [3.05, 3.63) is 80.7 Å². The zero-order valence-corrected chi connectivity index (χ0v) is 20.4. The molecule has 3 heterocycles. The van der Waals surface area contributed by atoms with E-state index < -0.39 is 6.04 Å². The van der Waals surface area contributed by atoms with Crippen LogP contribution in [0.5, 0.6) is 0 Å². The topological polar surface area (TPSA) is 63.0 Å². The minimum absolute atomic E-state index is 0.0186. The van der Waals surface area contributed by atoms with E-state index in [2.05, 4.69) is 49.9 Å². The molecule has 2 aromatic carbocycles. The summed E-state index contributed by atoms with van der Waals surface area (Å²) in [4.78, 5) is 31.4. The van der Waals surface area contributed by atoms with Crippen LogP contribution in [-0.2, 0) is 10.2 Å². The number of nitrogens with zero attached hydrogens (tertiary/aromatic N) is 2. The second-order valence-corrected chi connectivity index (χ2v) is 10.4. The summed E-state index contributed by atoms with van der Waals surface area (Å²) in [5.74, 6) is -0.0408. The molecule has 1 atom stereocenters. The molecule has 3 aromatic rings. The highest BCUT2D eigenvalue weighted by atomic mass is 16.5. The molecule has 0 unspecified atom stereocenters. The van der Waals surface area contributed by atoms with Crippen molar-refractivity contribution in [1.29, 1.82) is 0 Å². The number of fused-ring (bicyclic) bond motifs is 2. The summed E-state index contributed by atoms with van der Waals surface area (Å²) in [6, 6.07) is 13.4. The fourth-order valence-corrected chi connectivity index (χ4v) is 4.95. The molecule has 6 nitrogen and oxygen atoms in total. The van der Waals surface area contributed by atoms with Gasteiger partial charge in [-0.3, -0.25) is 14.5 Å². The second-order valence-electron chi connectivity index (χ2n) is 10.4. The number of rotatable bonds is 4. The number of ether oxygens (including phenoxy) is 1. The Morgan fingerprint density at radius 1 is 0.971 bits per heavy atom. The van der Waals surface area contributed by atoms with Gasteiger partial charge in [0.2, 0.25) is 5.76 Å². The van der Waals surface area contributed by atoms with Crippen LogP contribution in [0, 0.1) is 6.92 Å². The largest absolute Gasteiger partial charge is 0.450 e. The van der Waals surface area contributed by atoms with Gasteiger partial charge in [0.05, 0.1) is 30.2 Å². The molecule has 1 aromatic heterocycles. The monoisotopic (exact) mass is 460 g/mol. The van der Waals surface area contributed by atoms with E-state index in [0.29, 0.717) is 36.3 Å². The van der Waals surface area contributed by atoms with E-state index in [4.69, 9.17) is 9.15 Å². The molecule has 2 aliphatic heterocycles. The summed E-state index contributed by atoms with van der Waals surface area (Å²) in [5, 5.41) is 0.526. The lowest BCUT2D eigenvalue weighted by atomic mass is 9.86. The first-order valence-electron chi connectivity index (χ1n) is 12.0. The molecule has 0 bridgehead atoms. The van der Waals surface area contributed by atoms with Gasteiger partial charge in [0.25, 0.3) is 5.91 Å². The van der Waals surface area contributed by atoms with Crippen molar-refractivity contribution in [2.24, 2.45) is 0 Å². The minimum atomic E-state index is -0.460.